The summed E-state index contributed by atoms with van der Waals surface area (Å²) >= 11 is 0. The van der Waals surface area contributed by atoms with Crippen LogP contribution < -0.4 is 15.0 Å². The molecule has 0 radical (unpaired) electrons. The van der Waals surface area contributed by atoms with Gasteiger partial charge in [-0.05, 0) is 54.2 Å². The van der Waals surface area contributed by atoms with Crippen LogP contribution in [-0.2, 0) is 30.3 Å². The lowest BCUT2D eigenvalue weighted by molar-refractivity contribution is -0.149. The highest BCUT2D eigenvalue weighted by Crippen LogP contribution is 2.33. The normalized spacial score (nSPS) is 13.4. The number of aliphatic hydroxyl groups excluding tert-OH is 1. The maximum Gasteiger partial charge on any atom is 0.328 e. The van der Waals surface area contributed by atoms with Gasteiger partial charge in [0.2, 0.25) is 0 Å². The van der Waals surface area contributed by atoms with E-state index < -0.39 is 42.0 Å². The van der Waals surface area contributed by atoms with Gasteiger partial charge in [0.15, 0.2) is 6.10 Å². The Kier molecular flexibility index (Phi) is 14.7. The molecule has 9 nitrogen and oxygen atoms in total. The fourth-order valence-corrected chi connectivity index (χ4v) is 5.28. The predicted molar refractivity (Wildman–Crippen MR) is 183 cm³/mol. The van der Waals surface area contributed by atoms with Crippen molar-refractivity contribution in [3.8, 4) is 5.75 Å². The van der Waals surface area contributed by atoms with Crippen molar-refractivity contribution in [3.05, 3.63) is 121 Å². The van der Waals surface area contributed by atoms with Gasteiger partial charge in [0.25, 0.3) is 5.91 Å². The average molecular weight is 643 g/mol. The van der Waals surface area contributed by atoms with Crippen LogP contribution >= 0.6 is 0 Å². The Morgan fingerprint density at radius 3 is 1.98 bits per heavy atom. The zero-order valence-corrected chi connectivity index (χ0v) is 27.4. The van der Waals surface area contributed by atoms with Crippen LogP contribution in [-0.4, -0.2) is 62.0 Å². The first-order valence-electron chi connectivity index (χ1n) is 15.7. The maximum absolute atomic E-state index is 13.9. The molecule has 0 heterocycles. The standard InChI is InChI=1S/C38H46N2O7/c1-6-22-46-37(43)30(25-28-14-10-8-11-15-28)26-40(31-18-20-32(45-5)21-19-31)34(29-16-12-9-13-17-29)35(41)36(42)39-33(24-27(3)4)38(44)47-23-7-2/h6-21,27,30,33-35,41H,1-2,22-26H2,3-5H3,(H,39,42)/t30?,33-,34-,35-/m0/s1. The second-order valence-corrected chi connectivity index (χ2v) is 11.6. The van der Waals surface area contributed by atoms with Gasteiger partial charge in [0.05, 0.1) is 19.1 Å². The van der Waals surface area contributed by atoms with Gasteiger partial charge >= 0.3 is 11.9 Å². The highest BCUT2D eigenvalue weighted by Gasteiger charge is 2.37. The van der Waals surface area contributed by atoms with Gasteiger partial charge in [-0.2, -0.15) is 0 Å². The topological polar surface area (TPSA) is 114 Å². The quantitative estimate of drug-likeness (QED) is 0.131. The Labute approximate surface area is 277 Å². The molecule has 0 aromatic heterocycles. The average Bonchev–Trinajstić information content (AvgIpc) is 3.09. The van der Waals surface area contributed by atoms with Crippen LogP contribution in [0.3, 0.4) is 0 Å². The fraction of sp³-hybridized carbons (Fsp3) is 0.342. The summed E-state index contributed by atoms with van der Waals surface area (Å²) in [5.74, 6) is -1.84. The third-order valence-electron chi connectivity index (χ3n) is 7.52. The molecule has 0 saturated carbocycles. The third-order valence-corrected chi connectivity index (χ3v) is 7.52. The molecular formula is C38H46N2O7. The van der Waals surface area contributed by atoms with Gasteiger partial charge in [-0.15, -0.1) is 0 Å². The molecule has 4 atom stereocenters. The number of benzene rings is 3. The molecule has 3 rings (SSSR count). The smallest absolute Gasteiger partial charge is 0.328 e. The number of hydrogen-bond donors (Lipinski definition) is 2. The molecule has 1 unspecified atom stereocenters. The Morgan fingerprint density at radius 1 is 0.851 bits per heavy atom. The summed E-state index contributed by atoms with van der Waals surface area (Å²) in [7, 11) is 1.56. The Balaban J connectivity index is 2.10. The van der Waals surface area contributed by atoms with Crippen LogP contribution in [0.4, 0.5) is 5.69 Å². The summed E-state index contributed by atoms with van der Waals surface area (Å²) in [6, 6.07) is 23.9. The van der Waals surface area contributed by atoms with Crippen LogP contribution in [0.15, 0.2) is 110 Å². The predicted octanol–water partition coefficient (Wildman–Crippen LogP) is 5.45. The summed E-state index contributed by atoms with van der Waals surface area (Å²) in [5.41, 5.74) is 2.18. The van der Waals surface area contributed by atoms with Gasteiger partial charge in [0.1, 0.15) is 25.0 Å². The minimum atomic E-state index is -1.66. The van der Waals surface area contributed by atoms with E-state index in [4.69, 9.17) is 14.2 Å². The molecule has 47 heavy (non-hydrogen) atoms. The third kappa shape index (κ3) is 11.1. The molecule has 0 aliphatic heterocycles. The number of esters is 2. The highest BCUT2D eigenvalue weighted by molar-refractivity contribution is 5.88. The van der Waals surface area contributed by atoms with Crippen molar-refractivity contribution in [2.45, 2.75) is 44.9 Å². The number of aliphatic hydroxyl groups is 1. The van der Waals surface area contributed by atoms with Gasteiger partial charge in [-0.3, -0.25) is 9.59 Å². The molecule has 0 saturated heterocycles. The molecule has 0 fully saturated rings. The van der Waals surface area contributed by atoms with Crippen molar-refractivity contribution in [1.82, 2.24) is 5.32 Å². The van der Waals surface area contributed by atoms with Crippen molar-refractivity contribution >= 4 is 23.5 Å². The second kappa shape index (κ2) is 18.9. The number of carbonyl (C=O) groups excluding carboxylic acids is 3. The minimum absolute atomic E-state index is 0.00546. The van der Waals surface area contributed by atoms with Crippen molar-refractivity contribution in [3.63, 3.8) is 0 Å². The van der Waals surface area contributed by atoms with E-state index >= 15 is 0 Å². The number of ether oxygens (including phenoxy) is 3. The van der Waals surface area contributed by atoms with Crippen molar-refractivity contribution in [2.24, 2.45) is 11.8 Å². The first kappa shape index (κ1) is 36.6. The Morgan fingerprint density at radius 2 is 1.43 bits per heavy atom. The zero-order valence-electron chi connectivity index (χ0n) is 27.4. The number of rotatable bonds is 19. The number of nitrogens with zero attached hydrogens (tertiary/aromatic N) is 1. The minimum Gasteiger partial charge on any atom is -0.497 e. The van der Waals surface area contributed by atoms with E-state index in [1.807, 2.05) is 91.5 Å². The van der Waals surface area contributed by atoms with Crippen molar-refractivity contribution < 1.29 is 33.7 Å². The summed E-state index contributed by atoms with van der Waals surface area (Å²) in [6.45, 7) is 11.2. The van der Waals surface area contributed by atoms with E-state index in [9.17, 15) is 19.5 Å². The molecule has 250 valence electrons. The van der Waals surface area contributed by atoms with Crippen molar-refractivity contribution in [2.75, 3.05) is 31.8 Å². The lowest BCUT2D eigenvalue weighted by Gasteiger charge is -2.38. The lowest BCUT2D eigenvalue weighted by atomic mass is 9.93. The molecule has 0 spiro atoms. The number of methoxy groups -OCH3 is 1. The fourth-order valence-electron chi connectivity index (χ4n) is 5.28. The molecule has 0 aliphatic carbocycles. The van der Waals surface area contributed by atoms with Crippen LogP contribution in [0, 0.1) is 11.8 Å². The van der Waals surface area contributed by atoms with Crippen molar-refractivity contribution in [1.29, 1.82) is 0 Å². The van der Waals surface area contributed by atoms with E-state index in [0.29, 0.717) is 29.8 Å². The van der Waals surface area contributed by atoms with Crippen LogP contribution in [0.2, 0.25) is 0 Å². The SMILES string of the molecule is C=CCOC(=O)C(Cc1ccccc1)CN(c1ccc(OC)cc1)[C@@H](c1ccccc1)[C@H](O)C(=O)N[C@@H](CC(C)C)C(=O)OCC=C. The highest BCUT2D eigenvalue weighted by atomic mass is 16.5. The number of anilines is 1. The number of amides is 1. The Bertz CT molecular complexity index is 1430. The summed E-state index contributed by atoms with van der Waals surface area (Å²) < 4.78 is 16.2. The van der Waals surface area contributed by atoms with Gasteiger partial charge in [-0.25, -0.2) is 4.79 Å². The number of carbonyl (C=O) groups is 3. The monoisotopic (exact) mass is 642 g/mol. The molecule has 2 N–H and O–H groups in total. The van der Waals surface area contributed by atoms with E-state index in [-0.39, 0.29) is 25.7 Å². The second-order valence-electron chi connectivity index (χ2n) is 11.6. The van der Waals surface area contributed by atoms with Gasteiger partial charge < -0.3 is 29.5 Å². The molecule has 0 aliphatic rings. The van der Waals surface area contributed by atoms with E-state index in [1.165, 1.54) is 12.2 Å². The lowest BCUT2D eigenvalue weighted by Crippen LogP contribution is -2.52. The Hall–Kier alpha value is -4.89. The molecule has 9 heteroatoms. The van der Waals surface area contributed by atoms with E-state index in [0.717, 1.165) is 5.56 Å². The van der Waals surface area contributed by atoms with Crippen LogP contribution in [0.5, 0.6) is 5.75 Å². The van der Waals surface area contributed by atoms with E-state index in [2.05, 4.69) is 18.5 Å². The van der Waals surface area contributed by atoms with E-state index in [1.54, 1.807) is 19.2 Å². The summed E-state index contributed by atoms with van der Waals surface area (Å²) in [6.07, 6.45) is 1.95. The summed E-state index contributed by atoms with van der Waals surface area (Å²) in [5, 5.41) is 14.6. The van der Waals surface area contributed by atoms with Crippen LogP contribution in [0.25, 0.3) is 0 Å². The largest absolute Gasteiger partial charge is 0.497 e. The van der Waals surface area contributed by atoms with Crippen LogP contribution in [0.1, 0.15) is 37.4 Å². The molecule has 3 aromatic rings. The first-order chi connectivity index (χ1) is 22.7. The van der Waals surface area contributed by atoms with Gasteiger partial charge in [0, 0.05) is 12.2 Å². The summed E-state index contributed by atoms with van der Waals surface area (Å²) in [4.78, 5) is 42.1. The maximum atomic E-state index is 13.9. The molecule has 0 bridgehead atoms. The van der Waals surface area contributed by atoms with Gasteiger partial charge in [-0.1, -0.05) is 99.8 Å². The zero-order chi connectivity index (χ0) is 34.2. The first-order valence-corrected chi connectivity index (χ1v) is 15.7. The molecular weight excluding hydrogens is 596 g/mol. The molecule has 1 amide bonds. The number of nitrogens with one attached hydrogen (secondary N) is 1. The number of hydrogen-bond acceptors (Lipinski definition) is 8. The molecule has 3 aromatic carbocycles.